The maximum Gasteiger partial charge on any atom is 0.199 e. The van der Waals surface area contributed by atoms with Crippen LogP contribution >= 0.6 is 0 Å². The molecule has 1 aromatic carbocycles. The van der Waals surface area contributed by atoms with Gasteiger partial charge >= 0.3 is 0 Å². The molecule has 0 heterocycles. The van der Waals surface area contributed by atoms with Crippen LogP contribution < -0.4 is 0 Å². The van der Waals surface area contributed by atoms with Crippen LogP contribution in [0, 0.1) is 0 Å². The van der Waals surface area contributed by atoms with Crippen LogP contribution in [0.1, 0.15) is 29.3 Å². The zero-order chi connectivity index (χ0) is 9.47. The predicted molar refractivity (Wildman–Crippen MR) is 48.6 cm³/mol. The first-order chi connectivity index (χ1) is 6.11. The molecule has 0 aromatic heterocycles. The van der Waals surface area contributed by atoms with E-state index in [-0.39, 0.29) is 5.78 Å². The van der Waals surface area contributed by atoms with E-state index in [1.165, 1.54) is 6.92 Å². The zero-order valence-electron chi connectivity index (χ0n) is 7.51. The highest BCUT2D eigenvalue weighted by Gasteiger charge is 2.37. The standard InChI is InChI=1S/C11H11FO/c1-11(12)7-6-8-4-2-3-5-9(8)10(11)13/h2-5H,6-7H2,1H3/i12-1. The van der Waals surface area contributed by atoms with Crippen LogP contribution in [0.2, 0.25) is 0 Å². The van der Waals surface area contributed by atoms with E-state index in [0.717, 1.165) is 5.56 Å². The first kappa shape index (κ1) is 8.42. The summed E-state index contributed by atoms with van der Waals surface area (Å²) in [4.78, 5) is 11.6. The van der Waals surface area contributed by atoms with Gasteiger partial charge in [-0.2, -0.15) is 0 Å². The molecule has 0 saturated carbocycles. The Morgan fingerprint density at radius 3 is 2.85 bits per heavy atom. The molecule has 0 amide bonds. The molecule has 0 bridgehead atoms. The molecule has 0 radical (unpaired) electrons. The van der Waals surface area contributed by atoms with Crippen LogP contribution in [0.4, 0.5) is 4.39 Å². The van der Waals surface area contributed by atoms with E-state index in [2.05, 4.69) is 0 Å². The summed E-state index contributed by atoms with van der Waals surface area (Å²) >= 11 is 0. The van der Waals surface area contributed by atoms with Gasteiger partial charge in [0.2, 0.25) is 0 Å². The summed E-state index contributed by atoms with van der Waals surface area (Å²) in [6.07, 6.45) is 0.970. The Hall–Kier alpha value is -1.18. The third-order valence-corrected chi connectivity index (χ3v) is 2.60. The van der Waals surface area contributed by atoms with E-state index in [0.29, 0.717) is 18.4 Å². The van der Waals surface area contributed by atoms with Gasteiger partial charge in [-0.1, -0.05) is 24.3 Å². The Kier molecular flexibility index (Phi) is 1.72. The number of hydrogen-bond acceptors (Lipinski definition) is 1. The molecule has 13 heavy (non-hydrogen) atoms. The molecule has 1 unspecified atom stereocenters. The van der Waals surface area contributed by atoms with Gasteiger partial charge in [0.15, 0.2) is 11.5 Å². The van der Waals surface area contributed by atoms with Gasteiger partial charge in [-0.05, 0) is 25.3 Å². The average Bonchev–Trinajstić information content (AvgIpc) is 2.13. The second kappa shape index (κ2) is 2.66. The van der Waals surface area contributed by atoms with Crippen molar-refractivity contribution in [2.45, 2.75) is 25.4 Å². The number of Topliss-reactive ketones (excluding diaryl/α,β-unsaturated/α-hetero) is 1. The van der Waals surface area contributed by atoms with Crippen molar-refractivity contribution in [2.75, 3.05) is 0 Å². The molecule has 1 atom stereocenters. The number of rotatable bonds is 0. The van der Waals surface area contributed by atoms with Gasteiger partial charge in [0.1, 0.15) is 0 Å². The van der Waals surface area contributed by atoms with Crippen LogP contribution in [0.3, 0.4) is 0 Å². The highest BCUT2D eigenvalue weighted by molar-refractivity contribution is 6.04. The summed E-state index contributed by atoms with van der Waals surface area (Å²) < 4.78 is 13.6. The van der Waals surface area contributed by atoms with Crippen molar-refractivity contribution in [3.63, 3.8) is 0 Å². The first-order valence-corrected chi connectivity index (χ1v) is 4.43. The molecule has 0 spiro atoms. The third-order valence-electron chi connectivity index (χ3n) is 2.60. The van der Waals surface area contributed by atoms with Gasteiger partial charge in [-0.15, -0.1) is 0 Å². The molecular weight excluding hydrogens is 166 g/mol. The van der Waals surface area contributed by atoms with Crippen LogP contribution in [-0.2, 0) is 6.42 Å². The van der Waals surface area contributed by atoms with E-state index in [1.807, 2.05) is 12.1 Å². The number of ketones is 1. The zero-order valence-corrected chi connectivity index (χ0v) is 7.51. The number of carbonyl (C=O) groups is 1. The minimum absolute atomic E-state index is 0.308. The van der Waals surface area contributed by atoms with Crippen LogP contribution in [0.25, 0.3) is 0 Å². The molecule has 2 heteroatoms. The lowest BCUT2D eigenvalue weighted by Gasteiger charge is -2.25. The molecule has 0 saturated heterocycles. The predicted octanol–water partition coefficient (Wildman–Crippen LogP) is 2.54. The van der Waals surface area contributed by atoms with Crippen LogP contribution in [-0.4, -0.2) is 11.5 Å². The van der Waals surface area contributed by atoms with Crippen molar-refractivity contribution < 1.29 is 9.18 Å². The topological polar surface area (TPSA) is 17.1 Å². The molecular formula is C11H11FO. The van der Waals surface area contributed by atoms with Gasteiger partial charge in [0, 0.05) is 5.56 Å². The van der Waals surface area contributed by atoms with Gasteiger partial charge in [0.05, 0.1) is 0 Å². The number of benzene rings is 1. The third kappa shape index (κ3) is 1.26. The first-order valence-electron chi connectivity index (χ1n) is 4.43. The van der Waals surface area contributed by atoms with Gasteiger partial charge in [-0.25, -0.2) is 4.39 Å². The van der Waals surface area contributed by atoms with Crippen LogP contribution in [0.5, 0.6) is 0 Å². The highest BCUT2D eigenvalue weighted by Crippen LogP contribution is 2.30. The number of halogens is 1. The summed E-state index contributed by atoms with van der Waals surface area (Å²) in [6.45, 7) is 1.37. The van der Waals surface area contributed by atoms with Gasteiger partial charge in [0.25, 0.3) is 0 Å². The number of hydrogen-bond donors (Lipinski definition) is 0. The molecule has 1 aliphatic rings. The number of alkyl halides is 1. The van der Waals surface area contributed by atoms with E-state index in [1.54, 1.807) is 12.1 Å². The fourth-order valence-electron chi connectivity index (χ4n) is 1.72. The molecule has 68 valence electrons. The Balaban J connectivity index is 2.52. The average molecular weight is 177 g/mol. The van der Waals surface area contributed by atoms with Crippen molar-refractivity contribution in [3.05, 3.63) is 35.4 Å². The van der Waals surface area contributed by atoms with E-state index < -0.39 is 5.67 Å². The normalized spacial score (nSPS) is 27.1. The van der Waals surface area contributed by atoms with Crippen molar-refractivity contribution >= 4 is 5.78 Å². The summed E-state index contributed by atoms with van der Waals surface area (Å²) in [5.74, 6) is -0.366. The molecule has 0 aliphatic heterocycles. The SMILES string of the molecule is CC1([18F])CCc2ccccc2C1=O. The van der Waals surface area contributed by atoms with E-state index in [9.17, 15) is 9.18 Å². The summed E-state index contributed by atoms with van der Waals surface area (Å²) in [5, 5.41) is 0. The van der Waals surface area contributed by atoms with Crippen molar-refractivity contribution in [1.82, 2.24) is 0 Å². The number of fused-ring (bicyclic) bond motifs is 1. The quantitative estimate of drug-likeness (QED) is 0.595. The highest BCUT2D eigenvalue weighted by atomic mass is 18.2. The number of carbonyl (C=O) groups excluding carboxylic acids is 1. The maximum absolute atomic E-state index is 13.6. The van der Waals surface area contributed by atoms with Gasteiger partial charge < -0.3 is 0 Å². The molecule has 0 fully saturated rings. The lowest BCUT2D eigenvalue weighted by Crippen LogP contribution is -2.35. The molecule has 1 nitrogen and oxygen atoms in total. The smallest absolute Gasteiger partial charge is 0.199 e. The minimum atomic E-state index is -1.66. The molecule has 1 aromatic rings. The second-order valence-corrected chi connectivity index (χ2v) is 3.68. The summed E-state index contributed by atoms with van der Waals surface area (Å²) in [7, 11) is 0. The molecule has 2 rings (SSSR count). The summed E-state index contributed by atoms with van der Waals surface area (Å²) in [5.41, 5.74) is -0.129. The Labute approximate surface area is 76.6 Å². The lowest BCUT2D eigenvalue weighted by molar-refractivity contribution is 0.0684. The van der Waals surface area contributed by atoms with Gasteiger partial charge in [-0.3, -0.25) is 4.79 Å². The fourth-order valence-corrected chi connectivity index (χ4v) is 1.72. The molecule has 1 aliphatic carbocycles. The monoisotopic (exact) mass is 177 g/mol. The minimum Gasteiger partial charge on any atom is -0.291 e. The molecule has 0 N–H and O–H groups in total. The largest absolute Gasteiger partial charge is 0.291 e. The van der Waals surface area contributed by atoms with Crippen molar-refractivity contribution in [3.8, 4) is 0 Å². The Bertz CT molecular complexity index is 355. The Morgan fingerprint density at radius 1 is 1.38 bits per heavy atom. The van der Waals surface area contributed by atoms with Crippen LogP contribution in [0.15, 0.2) is 24.3 Å². The Morgan fingerprint density at radius 2 is 2.08 bits per heavy atom. The van der Waals surface area contributed by atoms with E-state index >= 15 is 0 Å². The van der Waals surface area contributed by atoms with Crippen molar-refractivity contribution in [1.29, 1.82) is 0 Å². The number of aryl methyl sites for hydroxylation is 1. The second-order valence-electron chi connectivity index (χ2n) is 3.68. The van der Waals surface area contributed by atoms with Crippen molar-refractivity contribution in [2.24, 2.45) is 0 Å². The van der Waals surface area contributed by atoms with E-state index in [4.69, 9.17) is 0 Å². The lowest BCUT2D eigenvalue weighted by atomic mass is 9.81. The fraction of sp³-hybridized carbons (Fsp3) is 0.364. The summed E-state index contributed by atoms with van der Waals surface area (Å²) in [6, 6.07) is 7.25. The maximum atomic E-state index is 13.6.